The number of rotatable bonds is 5. The third-order valence-electron chi connectivity index (χ3n) is 3.85. The molecule has 0 unspecified atom stereocenters. The number of hydrogen-bond donors (Lipinski definition) is 1. The summed E-state index contributed by atoms with van der Waals surface area (Å²) in [4.78, 5) is 23.4. The number of carboxylic acid groups (broad SMARTS) is 1. The molecule has 0 aliphatic heterocycles. The highest BCUT2D eigenvalue weighted by Gasteiger charge is 2.42. The van der Waals surface area contributed by atoms with Crippen LogP contribution in [0.2, 0.25) is 0 Å². The molecular formula is C19H26O3. The van der Waals surface area contributed by atoms with Crippen LogP contribution in [0.1, 0.15) is 51.5 Å². The maximum absolute atomic E-state index is 12.4. The first-order valence-electron chi connectivity index (χ1n) is 7.77. The average Bonchev–Trinajstić information content (AvgIpc) is 2.88. The monoisotopic (exact) mass is 302 g/mol. The minimum Gasteiger partial charge on any atom is -0.481 e. The lowest BCUT2D eigenvalue weighted by Gasteiger charge is -2.25. The largest absolute Gasteiger partial charge is 0.481 e. The average molecular weight is 302 g/mol. The summed E-state index contributed by atoms with van der Waals surface area (Å²) < 4.78 is 0. The number of benzene rings is 1. The van der Waals surface area contributed by atoms with E-state index in [4.69, 9.17) is 5.11 Å². The molecule has 1 saturated carbocycles. The van der Waals surface area contributed by atoms with E-state index in [1.54, 1.807) is 0 Å². The summed E-state index contributed by atoms with van der Waals surface area (Å²) in [5.74, 6) is -0.771. The molecule has 1 aliphatic rings. The van der Waals surface area contributed by atoms with Crippen molar-refractivity contribution in [1.29, 1.82) is 0 Å². The second kappa shape index (κ2) is 8.52. The van der Waals surface area contributed by atoms with E-state index in [0.717, 1.165) is 31.2 Å². The number of allylic oxidation sites excluding steroid dienone is 1. The van der Waals surface area contributed by atoms with Crippen LogP contribution in [0.25, 0.3) is 0 Å². The molecule has 3 nitrogen and oxygen atoms in total. The van der Waals surface area contributed by atoms with Gasteiger partial charge < -0.3 is 5.11 Å². The van der Waals surface area contributed by atoms with Crippen LogP contribution >= 0.6 is 0 Å². The van der Waals surface area contributed by atoms with Gasteiger partial charge in [-0.25, -0.2) is 0 Å². The van der Waals surface area contributed by atoms with Crippen molar-refractivity contribution in [2.75, 3.05) is 0 Å². The Bertz CT molecular complexity index is 507. The summed E-state index contributed by atoms with van der Waals surface area (Å²) >= 11 is 0. The van der Waals surface area contributed by atoms with Crippen LogP contribution in [0.3, 0.4) is 0 Å². The fourth-order valence-electron chi connectivity index (χ4n) is 2.86. The highest BCUT2D eigenvalue weighted by Crippen LogP contribution is 2.42. The lowest BCUT2D eigenvalue weighted by Crippen LogP contribution is -2.32. The van der Waals surface area contributed by atoms with Gasteiger partial charge in [0.1, 0.15) is 5.78 Å². The van der Waals surface area contributed by atoms with Crippen LogP contribution in [-0.2, 0) is 16.0 Å². The molecule has 1 aromatic carbocycles. The van der Waals surface area contributed by atoms with Crippen molar-refractivity contribution in [3.63, 3.8) is 0 Å². The quantitative estimate of drug-likeness (QED) is 0.819. The molecule has 2 rings (SSSR count). The van der Waals surface area contributed by atoms with Gasteiger partial charge in [0.25, 0.3) is 0 Å². The number of carbonyl (C=O) groups is 2. The zero-order chi connectivity index (χ0) is 16.6. The lowest BCUT2D eigenvalue weighted by atomic mass is 9.76. The van der Waals surface area contributed by atoms with Crippen molar-refractivity contribution < 1.29 is 14.7 Å². The highest BCUT2D eigenvalue weighted by molar-refractivity contribution is 5.90. The van der Waals surface area contributed by atoms with Gasteiger partial charge in [-0.15, -0.1) is 6.58 Å². The zero-order valence-corrected chi connectivity index (χ0v) is 13.6. The lowest BCUT2D eigenvalue weighted by molar-refractivity contribution is -0.144. The third-order valence-corrected chi connectivity index (χ3v) is 3.85. The molecule has 120 valence electrons. The molecule has 1 aliphatic carbocycles. The fourth-order valence-corrected chi connectivity index (χ4v) is 2.86. The molecule has 1 aromatic rings. The molecule has 0 heterocycles. The molecule has 22 heavy (non-hydrogen) atoms. The Hall–Kier alpha value is -1.90. The van der Waals surface area contributed by atoms with Crippen LogP contribution in [0.5, 0.6) is 0 Å². The zero-order valence-electron chi connectivity index (χ0n) is 13.6. The number of carboxylic acids is 1. The van der Waals surface area contributed by atoms with Crippen LogP contribution in [0.15, 0.2) is 42.5 Å². The van der Waals surface area contributed by atoms with E-state index in [0.29, 0.717) is 6.42 Å². The smallest absolute Gasteiger partial charge is 0.304 e. The van der Waals surface area contributed by atoms with E-state index in [-0.39, 0.29) is 12.2 Å². The molecule has 1 N–H and O–H groups in total. The van der Waals surface area contributed by atoms with Gasteiger partial charge >= 0.3 is 5.97 Å². The Kier molecular flexibility index (Phi) is 7.03. The maximum atomic E-state index is 12.4. The predicted octanol–water partition coefficient (Wildman–Crippen LogP) is 4.42. The Morgan fingerprint density at radius 3 is 2.09 bits per heavy atom. The van der Waals surface area contributed by atoms with Crippen molar-refractivity contribution in [2.45, 2.75) is 52.4 Å². The first kappa shape index (κ1) is 18.1. The van der Waals surface area contributed by atoms with Crippen molar-refractivity contribution in [3.05, 3.63) is 48.0 Å². The normalized spacial score (nSPS) is 15.5. The molecule has 1 fully saturated rings. The molecule has 0 amide bonds. The second-order valence-corrected chi connectivity index (χ2v) is 6.35. The van der Waals surface area contributed by atoms with Crippen LogP contribution in [0.4, 0.5) is 0 Å². The van der Waals surface area contributed by atoms with Gasteiger partial charge in [-0.2, -0.15) is 0 Å². The second-order valence-electron chi connectivity index (χ2n) is 6.35. The first-order chi connectivity index (χ1) is 10.4. The molecular weight excluding hydrogens is 276 g/mol. The van der Waals surface area contributed by atoms with E-state index in [1.165, 1.54) is 5.57 Å². The predicted molar refractivity (Wildman–Crippen MR) is 88.8 cm³/mol. The fraction of sp³-hybridized carbons (Fsp3) is 0.474. The van der Waals surface area contributed by atoms with Crippen molar-refractivity contribution in [2.24, 2.45) is 5.41 Å². The molecule has 0 spiro atoms. The minimum atomic E-state index is -0.863. The molecule has 0 bridgehead atoms. The van der Waals surface area contributed by atoms with Crippen molar-refractivity contribution >= 4 is 11.8 Å². The summed E-state index contributed by atoms with van der Waals surface area (Å²) in [5.41, 5.74) is 1.53. The molecule has 0 aromatic heterocycles. The molecule has 0 radical (unpaired) electrons. The van der Waals surface area contributed by atoms with E-state index in [9.17, 15) is 9.59 Å². The molecule has 0 atom stereocenters. The van der Waals surface area contributed by atoms with E-state index < -0.39 is 11.4 Å². The number of hydrogen-bond acceptors (Lipinski definition) is 2. The van der Waals surface area contributed by atoms with Gasteiger partial charge in [0.05, 0.1) is 6.42 Å². The number of Topliss-reactive ketones (excluding diaryl/α,β-unsaturated/α-hetero) is 1. The Morgan fingerprint density at radius 2 is 1.64 bits per heavy atom. The Morgan fingerprint density at radius 1 is 1.14 bits per heavy atom. The van der Waals surface area contributed by atoms with E-state index >= 15 is 0 Å². The van der Waals surface area contributed by atoms with Gasteiger partial charge in [0, 0.05) is 11.8 Å². The molecule has 0 saturated heterocycles. The van der Waals surface area contributed by atoms with Gasteiger partial charge in [-0.05, 0) is 32.3 Å². The van der Waals surface area contributed by atoms with Gasteiger partial charge in [-0.3, -0.25) is 9.59 Å². The van der Waals surface area contributed by atoms with Crippen molar-refractivity contribution in [3.8, 4) is 0 Å². The summed E-state index contributed by atoms with van der Waals surface area (Å²) in [5, 5.41) is 9.00. The van der Waals surface area contributed by atoms with E-state index in [2.05, 4.69) is 6.58 Å². The highest BCUT2D eigenvalue weighted by atomic mass is 16.4. The van der Waals surface area contributed by atoms with Crippen LogP contribution in [-0.4, -0.2) is 16.9 Å². The first-order valence-corrected chi connectivity index (χ1v) is 7.77. The van der Waals surface area contributed by atoms with Gasteiger partial charge in [0.2, 0.25) is 0 Å². The SMILES string of the molecule is C=C(C)C.O=C(O)CC1(C(=O)Cc2ccccc2)CCCC1. The number of aliphatic carboxylic acids is 1. The van der Waals surface area contributed by atoms with E-state index in [1.807, 2.05) is 44.2 Å². The summed E-state index contributed by atoms with van der Waals surface area (Å²) in [6.07, 6.45) is 3.73. The molecule has 3 heteroatoms. The van der Waals surface area contributed by atoms with Crippen LogP contribution in [0, 0.1) is 5.41 Å². The van der Waals surface area contributed by atoms with Crippen molar-refractivity contribution in [1.82, 2.24) is 0 Å². The topological polar surface area (TPSA) is 54.4 Å². The third kappa shape index (κ3) is 5.84. The number of ketones is 1. The summed E-state index contributed by atoms with van der Waals surface area (Å²) in [6, 6.07) is 9.56. The Labute approximate surface area is 133 Å². The Balaban J connectivity index is 0.000000541. The maximum Gasteiger partial charge on any atom is 0.304 e. The minimum absolute atomic E-state index is 0.0152. The number of carbonyl (C=O) groups excluding carboxylic acids is 1. The standard InChI is InChI=1S/C15H18O3.C4H8/c16-13(10-12-6-2-1-3-7-12)15(11-14(17)18)8-4-5-9-15;1-4(2)3/h1-3,6-7H,4-5,8-11H2,(H,17,18);1H2,2-3H3. The summed E-state index contributed by atoms with van der Waals surface area (Å²) in [6.45, 7) is 7.50. The van der Waals surface area contributed by atoms with Gasteiger partial charge in [0.15, 0.2) is 0 Å². The van der Waals surface area contributed by atoms with Gasteiger partial charge in [-0.1, -0.05) is 48.7 Å². The van der Waals surface area contributed by atoms with Crippen LogP contribution < -0.4 is 0 Å². The summed E-state index contributed by atoms with van der Waals surface area (Å²) in [7, 11) is 0.